The van der Waals surface area contributed by atoms with Gasteiger partial charge < -0.3 is 11.1 Å². The fourth-order valence-electron chi connectivity index (χ4n) is 1.45. The summed E-state index contributed by atoms with van der Waals surface area (Å²) in [6.07, 6.45) is 0. The first-order valence-electron chi connectivity index (χ1n) is 5.17. The molecule has 0 aliphatic heterocycles. The van der Waals surface area contributed by atoms with E-state index in [1.54, 1.807) is 24.3 Å². The van der Waals surface area contributed by atoms with Crippen molar-refractivity contribution < 1.29 is 13.6 Å². The summed E-state index contributed by atoms with van der Waals surface area (Å²) >= 11 is 0. The number of anilines is 2. The molecule has 92 valence electrons. The quantitative estimate of drug-likeness (QED) is 0.803. The molecule has 0 spiro atoms. The number of rotatable bonds is 2. The van der Waals surface area contributed by atoms with Crippen molar-refractivity contribution >= 4 is 17.3 Å². The van der Waals surface area contributed by atoms with Gasteiger partial charge in [-0.15, -0.1) is 0 Å². The lowest BCUT2D eigenvalue weighted by molar-refractivity contribution is 0.102. The van der Waals surface area contributed by atoms with E-state index in [4.69, 9.17) is 5.73 Å². The van der Waals surface area contributed by atoms with E-state index in [0.717, 1.165) is 12.1 Å². The van der Waals surface area contributed by atoms with E-state index in [2.05, 4.69) is 5.32 Å². The third kappa shape index (κ3) is 2.82. The van der Waals surface area contributed by atoms with E-state index < -0.39 is 17.5 Å². The highest BCUT2D eigenvalue weighted by Crippen LogP contribution is 2.13. The van der Waals surface area contributed by atoms with Gasteiger partial charge in [-0.2, -0.15) is 0 Å². The van der Waals surface area contributed by atoms with Gasteiger partial charge in [0.15, 0.2) is 0 Å². The van der Waals surface area contributed by atoms with E-state index in [9.17, 15) is 13.6 Å². The molecule has 0 aliphatic rings. The molecule has 0 fully saturated rings. The molecule has 0 radical (unpaired) electrons. The Labute approximate surface area is 102 Å². The highest BCUT2D eigenvalue weighted by Gasteiger charge is 2.09. The standard InChI is InChI=1S/C13H10F2N2O/c14-9-5-8(6-10(15)7-9)13(18)17-12-3-1-11(16)2-4-12/h1-7H,16H2,(H,17,18). The maximum atomic E-state index is 12.9. The van der Waals surface area contributed by atoms with Crippen molar-refractivity contribution in [1.82, 2.24) is 0 Å². The van der Waals surface area contributed by atoms with Gasteiger partial charge in [0.05, 0.1) is 0 Å². The van der Waals surface area contributed by atoms with Crippen LogP contribution in [0.4, 0.5) is 20.2 Å². The molecule has 5 heteroatoms. The molecule has 0 atom stereocenters. The van der Waals surface area contributed by atoms with Gasteiger partial charge in [-0.05, 0) is 36.4 Å². The minimum absolute atomic E-state index is 0.0793. The minimum atomic E-state index is -0.794. The molecule has 0 unspecified atom stereocenters. The lowest BCUT2D eigenvalue weighted by Gasteiger charge is -2.05. The predicted molar refractivity (Wildman–Crippen MR) is 65.2 cm³/mol. The Kier molecular flexibility index (Phi) is 3.23. The van der Waals surface area contributed by atoms with E-state index in [-0.39, 0.29) is 5.56 Å². The van der Waals surface area contributed by atoms with Crippen LogP contribution in [0, 0.1) is 11.6 Å². The van der Waals surface area contributed by atoms with Crippen molar-refractivity contribution in [2.75, 3.05) is 11.1 Å². The summed E-state index contributed by atoms with van der Waals surface area (Å²) in [4.78, 5) is 11.7. The molecule has 1 amide bonds. The number of amides is 1. The molecule has 2 rings (SSSR count). The van der Waals surface area contributed by atoms with Gasteiger partial charge in [-0.1, -0.05) is 0 Å². The second kappa shape index (κ2) is 4.83. The monoisotopic (exact) mass is 248 g/mol. The summed E-state index contributed by atoms with van der Waals surface area (Å²) in [5, 5.41) is 2.51. The Morgan fingerprint density at radius 1 is 1.00 bits per heavy atom. The van der Waals surface area contributed by atoms with Gasteiger partial charge in [-0.3, -0.25) is 4.79 Å². The number of hydrogen-bond acceptors (Lipinski definition) is 2. The average molecular weight is 248 g/mol. The molecule has 0 bridgehead atoms. The van der Waals surface area contributed by atoms with Crippen molar-refractivity contribution in [3.63, 3.8) is 0 Å². The van der Waals surface area contributed by atoms with Crippen LogP contribution in [0.25, 0.3) is 0 Å². The van der Waals surface area contributed by atoms with Crippen LogP contribution >= 0.6 is 0 Å². The number of nitrogens with two attached hydrogens (primary N) is 1. The number of halogens is 2. The van der Waals surface area contributed by atoms with Gasteiger partial charge in [0, 0.05) is 23.0 Å². The predicted octanol–water partition coefficient (Wildman–Crippen LogP) is 2.80. The SMILES string of the molecule is Nc1ccc(NC(=O)c2cc(F)cc(F)c2)cc1. The van der Waals surface area contributed by atoms with Crippen LogP contribution in [0.15, 0.2) is 42.5 Å². The molecule has 2 aromatic rings. The largest absolute Gasteiger partial charge is 0.399 e. The van der Waals surface area contributed by atoms with Crippen molar-refractivity contribution in [2.45, 2.75) is 0 Å². The molecule has 3 nitrogen and oxygen atoms in total. The number of hydrogen-bond donors (Lipinski definition) is 2. The number of nitrogen functional groups attached to an aromatic ring is 1. The zero-order chi connectivity index (χ0) is 13.1. The Balaban J connectivity index is 2.19. The second-order valence-electron chi connectivity index (χ2n) is 3.73. The fraction of sp³-hybridized carbons (Fsp3) is 0. The third-order valence-electron chi connectivity index (χ3n) is 2.29. The van der Waals surface area contributed by atoms with Crippen LogP contribution in [0.1, 0.15) is 10.4 Å². The number of carbonyl (C=O) groups is 1. The molecule has 0 aromatic heterocycles. The second-order valence-corrected chi connectivity index (χ2v) is 3.73. The zero-order valence-electron chi connectivity index (χ0n) is 9.28. The van der Waals surface area contributed by atoms with Gasteiger partial charge in [0.2, 0.25) is 0 Å². The summed E-state index contributed by atoms with van der Waals surface area (Å²) in [5.41, 5.74) is 6.48. The molecular weight excluding hydrogens is 238 g/mol. The highest BCUT2D eigenvalue weighted by atomic mass is 19.1. The molecule has 0 saturated carbocycles. The first-order valence-corrected chi connectivity index (χ1v) is 5.17. The summed E-state index contributed by atoms with van der Waals surface area (Å²) in [5.74, 6) is -2.17. The average Bonchev–Trinajstić information content (AvgIpc) is 2.31. The Morgan fingerprint density at radius 3 is 2.11 bits per heavy atom. The topological polar surface area (TPSA) is 55.1 Å². The molecule has 18 heavy (non-hydrogen) atoms. The summed E-state index contributed by atoms with van der Waals surface area (Å²) in [7, 11) is 0. The molecule has 0 aliphatic carbocycles. The van der Waals surface area contributed by atoms with Crippen LogP contribution in [-0.4, -0.2) is 5.91 Å². The van der Waals surface area contributed by atoms with E-state index in [1.165, 1.54) is 0 Å². The van der Waals surface area contributed by atoms with Crippen LogP contribution in [0.5, 0.6) is 0 Å². The van der Waals surface area contributed by atoms with Gasteiger partial charge in [-0.25, -0.2) is 8.78 Å². The summed E-state index contributed by atoms with van der Waals surface area (Å²) in [6, 6.07) is 9.07. The number of carbonyl (C=O) groups excluding carboxylic acids is 1. The van der Waals surface area contributed by atoms with Crippen LogP contribution in [0.3, 0.4) is 0 Å². The number of nitrogens with one attached hydrogen (secondary N) is 1. The van der Waals surface area contributed by atoms with Crippen LogP contribution in [0.2, 0.25) is 0 Å². The Bertz CT molecular complexity index is 562. The van der Waals surface area contributed by atoms with E-state index in [0.29, 0.717) is 17.4 Å². The number of benzene rings is 2. The van der Waals surface area contributed by atoms with Gasteiger partial charge in [0.1, 0.15) is 11.6 Å². The first kappa shape index (κ1) is 12.0. The molecular formula is C13H10F2N2O. The maximum absolute atomic E-state index is 12.9. The third-order valence-corrected chi connectivity index (χ3v) is 2.29. The van der Waals surface area contributed by atoms with Crippen LogP contribution in [-0.2, 0) is 0 Å². The van der Waals surface area contributed by atoms with Crippen molar-refractivity contribution in [3.05, 3.63) is 59.7 Å². The van der Waals surface area contributed by atoms with Gasteiger partial charge >= 0.3 is 0 Å². The zero-order valence-corrected chi connectivity index (χ0v) is 9.28. The van der Waals surface area contributed by atoms with Crippen molar-refractivity contribution in [2.24, 2.45) is 0 Å². The minimum Gasteiger partial charge on any atom is -0.399 e. The fourth-order valence-corrected chi connectivity index (χ4v) is 1.45. The van der Waals surface area contributed by atoms with Crippen molar-refractivity contribution in [3.8, 4) is 0 Å². The van der Waals surface area contributed by atoms with Crippen molar-refractivity contribution in [1.29, 1.82) is 0 Å². The molecule has 3 N–H and O–H groups in total. The Hall–Kier alpha value is -2.43. The highest BCUT2D eigenvalue weighted by molar-refractivity contribution is 6.04. The molecule has 0 saturated heterocycles. The Morgan fingerprint density at radius 2 is 1.56 bits per heavy atom. The van der Waals surface area contributed by atoms with E-state index >= 15 is 0 Å². The first-order chi connectivity index (χ1) is 8.54. The van der Waals surface area contributed by atoms with Crippen LogP contribution < -0.4 is 11.1 Å². The normalized spacial score (nSPS) is 10.1. The maximum Gasteiger partial charge on any atom is 0.255 e. The van der Waals surface area contributed by atoms with E-state index in [1.807, 2.05) is 0 Å². The summed E-state index contributed by atoms with van der Waals surface area (Å²) in [6.45, 7) is 0. The smallest absolute Gasteiger partial charge is 0.255 e. The lowest BCUT2D eigenvalue weighted by Crippen LogP contribution is -2.12. The lowest BCUT2D eigenvalue weighted by atomic mass is 10.2. The summed E-state index contributed by atoms with van der Waals surface area (Å²) < 4.78 is 25.9. The molecule has 2 aromatic carbocycles. The van der Waals surface area contributed by atoms with Gasteiger partial charge in [0.25, 0.3) is 5.91 Å². The molecule has 0 heterocycles.